The second-order valence-corrected chi connectivity index (χ2v) is 14.1. The monoisotopic (exact) mass is 794 g/mol. The molecule has 0 amide bonds. The second-order valence-electron chi connectivity index (χ2n) is 14.1. The van der Waals surface area contributed by atoms with Gasteiger partial charge >= 0.3 is 11.9 Å². The van der Waals surface area contributed by atoms with Gasteiger partial charge in [-0.3, -0.25) is 0 Å². The molecule has 7 N–H and O–H groups in total. The zero-order chi connectivity index (χ0) is 40.6. The average Bonchev–Trinajstić information content (AvgIpc) is 3.19. The Morgan fingerprint density at radius 3 is 1.54 bits per heavy atom. The highest BCUT2D eigenvalue weighted by molar-refractivity contribution is 5.92. The molecule has 0 aromatic heterocycles. The second kappa shape index (κ2) is 23.0. The summed E-state index contributed by atoms with van der Waals surface area (Å²) in [6.45, 7) is 4.03. The molecule has 16 nitrogen and oxygen atoms in total. The highest BCUT2D eigenvalue weighted by atomic mass is 16.8. The molecule has 2 heterocycles. The van der Waals surface area contributed by atoms with Crippen molar-refractivity contribution in [2.45, 2.75) is 139 Å². The van der Waals surface area contributed by atoms with E-state index in [1.807, 2.05) is 0 Å². The first kappa shape index (κ1) is 45.1. The number of carbonyl (C=O) groups excluding carboxylic acids is 2. The number of hydrogen-bond acceptors (Lipinski definition) is 16. The molecule has 2 aromatic rings. The Kier molecular flexibility index (Phi) is 18.5. The van der Waals surface area contributed by atoms with Crippen LogP contribution in [0, 0.1) is 0 Å². The average molecular weight is 795 g/mol. The topological polar surface area (TPSA) is 240 Å². The summed E-state index contributed by atoms with van der Waals surface area (Å²) in [4.78, 5) is 25.6. The molecule has 0 bridgehead atoms. The molecule has 4 rings (SSSR count). The van der Waals surface area contributed by atoms with E-state index in [1.54, 1.807) is 12.1 Å². The molecule has 0 saturated carbocycles. The molecule has 2 aliphatic heterocycles. The van der Waals surface area contributed by atoms with Crippen molar-refractivity contribution >= 4 is 11.9 Å². The minimum atomic E-state index is -1.91. The lowest BCUT2D eigenvalue weighted by Gasteiger charge is -2.44. The molecule has 56 heavy (non-hydrogen) atoms. The quantitative estimate of drug-likeness (QED) is 0.0670. The number of benzene rings is 2. The Morgan fingerprint density at radius 1 is 0.571 bits per heavy atom. The Bertz CT molecular complexity index is 1470. The van der Waals surface area contributed by atoms with Gasteiger partial charge in [-0.1, -0.05) is 65.2 Å². The summed E-state index contributed by atoms with van der Waals surface area (Å²) in [5.74, 6) is -1.21. The lowest BCUT2D eigenvalue weighted by Crippen LogP contribution is -2.64. The van der Waals surface area contributed by atoms with E-state index in [0.717, 1.165) is 57.8 Å². The van der Waals surface area contributed by atoms with Crippen LogP contribution in [-0.4, -0.2) is 136 Å². The fourth-order valence-corrected chi connectivity index (χ4v) is 6.19. The van der Waals surface area contributed by atoms with Crippen LogP contribution in [-0.2, 0) is 23.7 Å². The van der Waals surface area contributed by atoms with Gasteiger partial charge in [0.15, 0.2) is 12.6 Å². The number of ether oxygens (including phenoxy) is 7. The summed E-state index contributed by atoms with van der Waals surface area (Å²) >= 11 is 0. The SMILES string of the molecule is CCCCCCCOc1ccc(C(=O)OCC2OC(OC3OC(COC(=O)c4ccc(OCCCCCCC)cc4O)C(O)C(O)C3O)C(O)C(O)C2O)cc1. The summed E-state index contributed by atoms with van der Waals surface area (Å²) in [7, 11) is 0. The highest BCUT2D eigenvalue weighted by Gasteiger charge is 2.50. The van der Waals surface area contributed by atoms with Gasteiger partial charge in [-0.2, -0.15) is 0 Å². The minimum Gasteiger partial charge on any atom is -0.507 e. The third kappa shape index (κ3) is 13.0. The number of esters is 2. The normalized spacial score (nSPS) is 27.7. The summed E-state index contributed by atoms with van der Waals surface area (Å²) in [6, 6.07) is 10.4. The van der Waals surface area contributed by atoms with Crippen LogP contribution in [0.25, 0.3) is 0 Å². The van der Waals surface area contributed by atoms with E-state index in [4.69, 9.17) is 33.2 Å². The van der Waals surface area contributed by atoms with E-state index in [-0.39, 0.29) is 11.1 Å². The van der Waals surface area contributed by atoms with Crippen molar-refractivity contribution in [3.05, 3.63) is 53.6 Å². The van der Waals surface area contributed by atoms with Crippen molar-refractivity contribution in [3.63, 3.8) is 0 Å². The molecule has 2 aromatic carbocycles. The van der Waals surface area contributed by atoms with Crippen molar-refractivity contribution in [1.82, 2.24) is 0 Å². The summed E-state index contributed by atoms with van der Waals surface area (Å²) in [5.41, 5.74) is -0.0201. The Morgan fingerprint density at radius 2 is 1.04 bits per heavy atom. The number of phenols is 1. The van der Waals surface area contributed by atoms with E-state index in [2.05, 4.69) is 13.8 Å². The van der Waals surface area contributed by atoms with Crippen LogP contribution in [0.3, 0.4) is 0 Å². The predicted octanol–water partition coefficient (Wildman–Crippen LogP) is 2.74. The van der Waals surface area contributed by atoms with Crippen molar-refractivity contribution in [1.29, 1.82) is 0 Å². The van der Waals surface area contributed by atoms with Gasteiger partial charge in [0, 0.05) is 6.07 Å². The van der Waals surface area contributed by atoms with Gasteiger partial charge in [0.1, 0.15) is 84.9 Å². The number of aliphatic hydroxyl groups excluding tert-OH is 6. The maximum absolute atomic E-state index is 12.8. The van der Waals surface area contributed by atoms with Crippen LogP contribution in [0.4, 0.5) is 0 Å². The molecule has 2 saturated heterocycles. The molecular weight excluding hydrogens is 736 g/mol. The first-order chi connectivity index (χ1) is 26.9. The Balaban J connectivity index is 1.28. The molecule has 10 atom stereocenters. The molecule has 2 fully saturated rings. The first-order valence-electron chi connectivity index (χ1n) is 19.5. The first-order valence-corrected chi connectivity index (χ1v) is 19.5. The van der Waals surface area contributed by atoms with Crippen molar-refractivity contribution in [3.8, 4) is 17.2 Å². The lowest BCUT2D eigenvalue weighted by atomic mass is 9.98. The van der Waals surface area contributed by atoms with Gasteiger partial charge < -0.3 is 68.9 Å². The van der Waals surface area contributed by atoms with E-state index < -0.39 is 92.3 Å². The third-order valence-corrected chi connectivity index (χ3v) is 9.68. The third-order valence-electron chi connectivity index (χ3n) is 9.68. The van der Waals surface area contributed by atoms with Crippen LogP contribution in [0.2, 0.25) is 0 Å². The fraction of sp³-hybridized carbons (Fsp3) is 0.650. The van der Waals surface area contributed by atoms with E-state index in [0.29, 0.717) is 24.7 Å². The van der Waals surface area contributed by atoms with Gasteiger partial charge in [-0.05, 0) is 49.2 Å². The van der Waals surface area contributed by atoms with Gasteiger partial charge in [-0.15, -0.1) is 0 Å². The number of rotatable bonds is 22. The molecule has 314 valence electrons. The standard InChI is InChI=1S/C40H58O16/c1-3-5-7-9-11-19-50-25-15-13-24(14-16-25)37(48)52-22-29-31(42)33(44)35(46)39(54-29)56-40-36(47)34(45)32(43)30(55-40)23-53-38(49)27-18-17-26(21-28(27)41)51-20-12-10-8-6-4-2/h13-18,21,29-36,39-47H,3-12,19-20,22-23H2,1-2H3. The number of aromatic hydroxyl groups is 1. The molecule has 0 radical (unpaired) electrons. The van der Waals surface area contributed by atoms with E-state index in [9.17, 15) is 45.3 Å². The Hall–Kier alpha value is -3.58. The van der Waals surface area contributed by atoms with E-state index in [1.165, 1.54) is 36.8 Å². The van der Waals surface area contributed by atoms with Crippen LogP contribution >= 0.6 is 0 Å². The fourth-order valence-electron chi connectivity index (χ4n) is 6.19. The molecule has 0 aliphatic carbocycles. The molecule has 2 aliphatic rings. The van der Waals surface area contributed by atoms with Crippen molar-refractivity contribution in [2.75, 3.05) is 26.4 Å². The van der Waals surface area contributed by atoms with Crippen LogP contribution in [0.5, 0.6) is 17.2 Å². The lowest BCUT2D eigenvalue weighted by molar-refractivity contribution is -0.376. The maximum Gasteiger partial charge on any atom is 0.342 e. The molecule has 10 unspecified atom stereocenters. The smallest absolute Gasteiger partial charge is 0.342 e. The summed E-state index contributed by atoms with van der Waals surface area (Å²) < 4.78 is 38.7. The van der Waals surface area contributed by atoms with Crippen molar-refractivity contribution in [2.24, 2.45) is 0 Å². The van der Waals surface area contributed by atoms with Crippen LogP contribution in [0.15, 0.2) is 42.5 Å². The largest absolute Gasteiger partial charge is 0.507 e. The van der Waals surface area contributed by atoms with Gasteiger partial charge in [0.25, 0.3) is 0 Å². The van der Waals surface area contributed by atoms with E-state index >= 15 is 0 Å². The Labute approximate surface area is 326 Å². The zero-order valence-corrected chi connectivity index (χ0v) is 32.0. The van der Waals surface area contributed by atoms with Crippen LogP contribution < -0.4 is 9.47 Å². The summed E-state index contributed by atoms with van der Waals surface area (Å²) in [6.07, 6.45) is -6.86. The number of hydrogen-bond donors (Lipinski definition) is 7. The minimum absolute atomic E-state index is 0.182. The van der Waals surface area contributed by atoms with Gasteiger partial charge in [0.2, 0.25) is 0 Å². The van der Waals surface area contributed by atoms with Crippen molar-refractivity contribution < 1.29 is 78.5 Å². The number of aliphatic hydroxyl groups is 6. The molecule has 0 spiro atoms. The zero-order valence-electron chi connectivity index (χ0n) is 32.0. The summed E-state index contributed by atoms with van der Waals surface area (Å²) in [5, 5.41) is 74.0. The highest BCUT2D eigenvalue weighted by Crippen LogP contribution is 2.30. The maximum atomic E-state index is 12.8. The number of carbonyl (C=O) groups is 2. The molecular formula is C40H58O16. The number of phenolic OH excluding ortho intramolecular Hbond substituents is 1. The van der Waals surface area contributed by atoms with Crippen LogP contribution in [0.1, 0.15) is 98.8 Å². The van der Waals surface area contributed by atoms with Gasteiger partial charge in [0.05, 0.1) is 18.8 Å². The van der Waals surface area contributed by atoms with Gasteiger partial charge in [-0.25, -0.2) is 9.59 Å². The predicted molar refractivity (Wildman–Crippen MR) is 198 cm³/mol. The number of unbranched alkanes of at least 4 members (excludes halogenated alkanes) is 8. The molecule has 16 heteroatoms.